The Morgan fingerprint density at radius 2 is 1.92 bits per heavy atom. The minimum atomic E-state index is -0.603. The third kappa shape index (κ3) is 7.76. The molecule has 2 aromatic rings. The van der Waals surface area contributed by atoms with Crippen LogP contribution < -0.4 is 15.2 Å². The number of nitrogens with two attached hydrogens (primary N) is 1. The summed E-state index contributed by atoms with van der Waals surface area (Å²) in [5.41, 5.74) is 7.40. The summed E-state index contributed by atoms with van der Waals surface area (Å²) in [5, 5.41) is 0. The number of para-hydroxylation sites is 1. The molecule has 2 amide bonds. The topological polar surface area (TPSA) is 104 Å². The summed E-state index contributed by atoms with van der Waals surface area (Å²) in [7, 11) is 3.30. The number of methoxy groups -OCH3 is 1. The van der Waals surface area contributed by atoms with Gasteiger partial charge in [0.2, 0.25) is 0 Å². The Balaban J connectivity index is 1.71. The minimum Gasteiger partial charge on any atom is -0.497 e. The molecular weight excluding hydrogens is 474 g/mol. The number of nitrogens with zero attached hydrogens (tertiary/aromatic N) is 2. The number of carbonyl (C=O) groups excluding carboxylic acids is 2. The van der Waals surface area contributed by atoms with E-state index >= 15 is 0 Å². The number of nitrogen functional groups attached to an aromatic ring is 1. The molecule has 1 aliphatic rings. The summed E-state index contributed by atoms with van der Waals surface area (Å²) >= 11 is 0. The van der Waals surface area contributed by atoms with Crippen molar-refractivity contribution in [1.82, 2.24) is 9.80 Å². The van der Waals surface area contributed by atoms with Crippen LogP contribution in [0.15, 0.2) is 42.5 Å². The summed E-state index contributed by atoms with van der Waals surface area (Å²) in [5.74, 6) is 0.961. The van der Waals surface area contributed by atoms with Gasteiger partial charge in [-0.15, -0.1) is 0 Å². The normalized spacial score (nSPS) is 16.6. The highest BCUT2D eigenvalue weighted by molar-refractivity contribution is 5.99. The largest absolute Gasteiger partial charge is 0.497 e. The first kappa shape index (κ1) is 28.1. The second kappa shape index (κ2) is 12.2. The van der Waals surface area contributed by atoms with Crippen LogP contribution in [0.3, 0.4) is 0 Å². The Labute approximate surface area is 219 Å². The van der Waals surface area contributed by atoms with Crippen molar-refractivity contribution in [2.24, 2.45) is 0 Å². The van der Waals surface area contributed by atoms with Crippen molar-refractivity contribution in [2.75, 3.05) is 39.6 Å². The number of fused-ring (bicyclic) bond motifs is 1. The number of hydrogen-bond donors (Lipinski definition) is 1. The van der Waals surface area contributed by atoms with E-state index in [9.17, 15) is 9.59 Å². The molecule has 0 aliphatic carbocycles. The molecule has 1 aliphatic heterocycles. The SMILES string of the molecule is COc1ccc(COC[C@H](C)N2CC[C@@H](CN(C)C(=O)OC(C)(C)C)Oc3c(N)cccc3C2=O)cc1. The molecule has 9 heteroatoms. The summed E-state index contributed by atoms with van der Waals surface area (Å²) in [6.07, 6.45) is -0.313. The second-order valence-electron chi connectivity index (χ2n) is 10.3. The Bertz CT molecular complexity index is 1070. The smallest absolute Gasteiger partial charge is 0.410 e. The number of hydrogen-bond acceptors (Lipinski definition) is 7. The van der Waals surface area contributed by atoms with E-state index in [4.69, 9.17) is 24.7 Å². The zero-order chi connectivity index (χ0) is 27.2. The van der Waals surface area contributed by atoms with E-state index < -0.39 is 11.7 Å². The van der Waals surface area contributed by atoms with Crippen molar-refractivity contribution in [3.8, 4) is 11.5 Å². The number of benzene rings is 2. The van der Waals surface area contributed by atoms with E-state index in [1.54, 1.807) is 37.3 Å². The first-order chi connectivity index (χ1) is 17.5. The molecule has 0 saturated carbocycles. The molecule has 0 spiro atoms. The van der Waals surface area contributed by atoms with Gasteiger partial charge >= 0.3 is 6.09 Å². The second-order valence-corrected chi connectivity index (χ2v) is 10.3. The van der Waals surface area contributed by atoms with Gasteiger partial charge in [-0.05, 0) is 57.5 Å². The molecule has 2 N–H and O–H groups in total. The Kier molecular flexibility index (Phi) is 9.26. The van der Waals surface area contributed by atoms with Gasteiger partial charge in [0, 0.05) is 20.0 Å². The van der Waals surface area contributed by atoms with Crippen molar-refractivity contribution < 1.29 is 28.5 Å². The van der Waals surface area contributed by atoms with Crippen molar-refractivity contribution in [1.29, 1.82) is 0 Å². The standard InChI is InChI=1S/C28H39N3O6/c1-19(17-35-18-20-10-12-21(34-6)13-11-20)31-15-14-22(16-30(5)27(33)37-28(2,3)4)36-25-23(26(31)32)8-7-9-24(25)29/h7-13,19,22H,14-18,29H2,1-6H3/t19-,22-/m0/s1. The number of anilines is 1. The van der Waals surface area contributed by atoms with Crippen LogP contribution in [0.5, 0.6) is 11.5 Å². The third-order valence-electron chi connectivity index (χ3n) is 6.01. The number of likely N-dealkylation sites (N-methyl/N-ethyl adjacent to an activating group) is 1. The Morgan fingerprint density at radius 1 is 1.22 bits per heavy atom. The van der Waals surface area contributed by atoms with E-state index in [1.165, 1.54) is 4.90 Å². The maximum atomic E-state index is 13.5. The Hall–Kier alpha value is -3.46. The number of ether oxygens (including phenoxy) is 4. The predicted molar refractivity (Wildman–Crippen MR) is 142 cm³/mol. The molecule has 2 atom stereocenters. The van der Waals surface area contributed by atoms with Gasteiger partial charge in [0.25, 0.3) is 5.91 Å². The van der Waals surface area contributed by atoms with E-state index in [2.05, 4.69) is 0 Å². The van der Waals surface area contributed by atoms with Gasteiger partial charge < -0.3 is 34.5 Å². The predicted octanol–water partition coefficient (Wildman–Crippen LogP) is 4.34. The van der Waals surface area contributed by atoms with Crippen LogP contribution in [-0.4, -0.2) is 73.4 Å². The van der Waals surface area contributed by atoms with Gasteiger partial charge in [-0.25, -0.2) is 4.79 Å². The molecule has 9 nitrogen and oxygen atoms in total. The molecule has 37 heavy (non-hydrogen) atoms. The quantitative estimate of drug-likeness (QED) is 0.524. The highest BCUT2D eigenvalue weighted by Crippen LogP contribution is 2.32. The molecule has 0 radical (unpaired) electrons. The van der Waals surface area contributed by atoms with Crippen molar-refractivity contribution in [2.45, 2.75) is 58.5 Å². The maximum Gasteiger partial charge on any atom is 0.410 e. The zero-order valence-electron chi connectivity index (χ0n) is 22.7. The Morgan fingerprint density at radius 3 is 2.57 bits per heavy atom. The molecule has 0 unspecified atom stereocenters. The van der Waals surface area contributed by atoms with Gasteiger partial charge in [-0.1, -0.05) is 18.2 Å². The van der Waals surface area contributed by atoms with Gasteiger partial charge in [-0.2, -0.15) is 0 Å². The van der Waals surface area contributed by atoms with Gasteiger partial charge in [0.1, 0.15) is 17.5 Å². The van der Waals surface area contributed by atoms with Crippen LogP contribution in [0.1, 0.15) is 50.0 Å². The minimum absolute atomic E-state index is 0.165. The van der Waals surface area contributed by atoms with E-state index in [-0.39, 0.29) is 24.6 Å². The lowest BCUT2D eigenvalue weighted by Gasteiger charge is -2.35. The monoisotopic (exact) mass is 513 g/mol. The average Bonchev–Trinajstić information content (AvgIpc) is 2.83. The van der Waals surface area contributed by atoms with Crippen LogP contribution in [0.2, 0.25) is 0 Å². The van der Waals surface area contributed by atoms with Crippen LogP contribution >= 0.6 is 0 Å². The lowest BCUT2D eigenvalue weighted by atomic mass is 10.1. The number of carbonyl (C=O) groups is 2. The molecule has 0 bridgehead atoms. The fourth-order valence-corrected chi connectivity index (χ4v) is 4.05. The van der Waals surface area contributed by atoms with Crippen molar-refractivity contribution in [3.05, 3.63) is 53.6 Å². The molecule has 0 saturated heterocycles. The highest BCUT2D eigenvalue weighted by atomic mass is 16.6. The van der Waals surface area contributed by atoms with Crippen molar-refractivity contribution in [3.63, 3.8) is 0 Å². The molecule has 2 aromatic carbocycles. The molecule has 202 valence electrons. The maximum absolute atomic E-state index is 13.5. The number of rotatable bonds is 8. The fourth-order valence-electron chi connectivity index (χ4n) is 4.05. The van der Waals surface area contributed by atoms with Crippen LogP contribution in [-0.2, 0) is 16.1 Å². The summed E-state index contributed by atoms with van der Waals surface area (Å²) in [4.78, 5) is 29.3. The highest BCUT2D eigenvalue weighted by Gasteiger charge is 2.31. The fraction of sp³-hybridized carbons (Fsp3) is 0.500. The van der Waals surface area contributed by atoms with Crippen LogP contribution in [0.25, 0.3) is 0 Å². The van der Waals surface area contributed by atoms with E-state index in [1.807, 2.05) is 52.0 Å². The first-order valence-corrected chi connectivity index (χ1v) is 12.5. The lowest BCUT2D eigenvalue weighted by molar-refractivity contribution is 0.0171. The van der Waals surface area contributed by atoms with Gasteiger partial charge in [0.15, 0.2) is 5.75 Å². The molecule has 0 aromatic heterocycles. The lowest BCUT2D eigenvalue weighted by Crippen LogP contribution is -2.47. The third-order valence-corrected chi connectivity index (χ3v) is 6.01. The van der Waals surface area contributed by atoms with Crippen molar-refractivity contribution >= 4 is 17.7 Å². The van der Waals surface area contributed by atoms with E-state index in [0.717, 1.165) is 11.3 Å². The number of amides is 2. The summed E-state index contributed by atoms with van der Waals surface area (Å²) < 4.78 is 22.8. The van der Waals surface area contributed by atoms with Gasteiger partial charge in [-0.3, -0.25) is 4.79 Å². The van der Waals surface area contributed by atoms with E-state index in [0.29, 0.717) is 43.2 Å². The molecule has 1 heterocycles. The van der Waals surface area contributed by atoms with Gasteiger partial charge in [0.05, 0.1) is 44.2 Å². The van der Waals surface area contributed by atoms with Crippen LogP contribution in [0.4, 0.5) is 10.5 Å². The molecule has 0 fully saturated rings. The van der Waals surface area contributed by atoms with Crippen LogP contribution in [0, 0.1) is 0 Å². The summed E-state index contributed by atoms with van der Waals surface area (Å²) in [6, 6.07) is 12.6. The first-order valence-electron chi connectivity index (χ1n) is 12.5. The molecular formula is C28H39N3O6. The molecule has 3 rings (SSSR count). The average molecular weight is 514 g/mol. The zero-order valence-corrected chi connectivity index (χ0v) is 22.7. The summed E-state index contributed by atoms with van der Waals surface area (Å²) in [6.45, 7) is 8.93.